The van der Waals surface area contributed by atoms with Crippen molar-refractivity contribution in [2.24, 2.45) is 5.11 Å². The van der Waals surface area contributed by atoms with Gasteiger partial charge in [0, 0.05) is 16.4 Å². The van der Waals surface area contributed by atoms with E-state index in [2.05, 4.69) is 27.2 Å². The normalized spacial score (nSPS) is 25.1. The van der Waals surface area contributed by atoms with E-state index in [1.807, 2.05) is 249 Å². The van der Waals surface area contributed by atoms with Crippen LogP contribution in [-0.4, -0.2) is 159 Å². The number of ether oxygens (including phenoxy) is 16. The van der Waals surface area contributed by atoms with Gasteiger partial charge in [-0.1, -0.05) is 313 Å². The first-order valence-electron chi connectivity index (χ1n) is 38.7. The Bertz CT molecular complexity index is 4630. The van der Waals surface area contributed by atoms with Gasteiger partial charge in [0.2, 0.25) is 0 Å². The fraction of sp³-hybridized carbons (Fsp3) is 0.344. The van der Waals surface area contributed by atoms with Crippen LogP contribution in [0.3, 0.4) is 0 Å². The van der Waals surface area contributed by atoms with Crippen molar-refractivity contribution in [3.63, 3.8) is 0 Å². The van der Waals surface area contributed by atoms with E-state index in [4.69, 9.17) is 111 Å². The number of halogens is 3. The second-order valence-electron chi connectivity index (χ2n) is 28.5. The third kappa shape index (κ3) is 22.3. The molecule has 0 bridgehead atoms. The Labute approximate surface area is 693 Å². The maximum Gasteiger partial charge on any atom is 0.407 e. The van der Waals surface area contributed by atoms with Gasteiger partial charge in [-0.15, -0.1) is 0 Å². The maximum absolute atomic E-state index is 15.0. The Balaban J connectivity index is 0.848. The molecule has 9 aromatic carbocycles. The highest BCUT2D eigenvalue weighted by molar-refractivity contribution is 6.76. The summed E-state index contributed by atoms with van der Waals surface area (Å²) in [4.78, 5) is 46.6. The number of carbonyl (C=O) groups is 3. The van der Waals surface area contributed by atoms with Crippen LogP contribution in [0.5, 0.6) is 0 Å². The Hall–Kier alpha value is -9.45. The Morgan fingerprint density at radius 2 is 0.949 bits per heavy atom. The van der Waals surface area contributed by atoms with Crippen LogP contribution < -0.4 is 10.6 Å². The number of nitrogens with one attached hydrogen (secondary N) is 2. The van der Waals surface area contributed by atoms with Gasteiger partial charge in [-0.25, -0.2) is 9.59 Å². The lowest BCUT2D eigenvalue weighted by atomic mass is 9.93. The summed E-state index contributed by atoms with van der Waals surface area (Å²) >= 11 is 19.9. The smallest absolute Gasteiger partial charge is 0.407 e. The molecule has 4 saturated heterocycles. The van der Waals surface area contributed by atoms with Crippen LogP contribution in [0.1, 0.15) is 62.3 Å². The Kier molecular flexibility index (Phi) is 30.0. The SMILES string of the molecule is C=CCOC(=O)[C@H](CO[C@H]1O[C@@H]2COC(c3ccccc3)O[C@@H]2[C@H](O[C@@H]2O[C@H](COCc3ccccc3)[C@@H](O[C@@H]3O[C@H](COCc4ccccc4)[C@H](OCc4ccccc4)[C@H](OCc4ccccc4)[C@H]3OCc3ccccc3)[C@H](OCc3ccccc3)[C@H]2NC(=O)C(Cl)(Cl)Cl)[C@H]1N=[N+]=[N-])NC(=O)OCC1c2ccccc2-c2ccccc21. The molecule has 5 aliphatic rings. The van der Waals surface area contributed by atoms with E-state index in [1.54, 1.807) is 12.1 Å². The van der Waals surface area contributed by atoms with E-state index in [9.17, 15) is 19.9 Å². The zero-order valence-corrected chi connectivity index (χ0v) is 66.0. The van der Waals surface area contributed by atoms with E-state index in [-0.39, 0.29) is 78.6 Å². The number of hydrogen-bond acceptors (Lipinski definition) is 20. The van der Waals surface area contributed by atoms with Crippen molar-refractivity contribution in [3.8, 4) is 11.1 Å². The standard InChI is InChI=1S/C90H90Cl3N5O19/c1-2-46-104-83(99)70(95-89(101)111-53-69-67-44-26-24-42-65(67)66-43-25-27-45-68(66)69)54-109-85-75(97-98-94)80(78-73(112-85)57-110-84(115-78)64-40-22-9-23-41-64)117-86-74(96-88(100)90(91,92)93)79(106-50-61-34-16-6-17-35-61)77(72(113-86)56-103-48-59-30-12-4-13-31-59)116-87-82(108-52-63-38-20-8-21-39-63)81(107-51-62-36-18-7-19-37-62)76(105-49-60-32-14-5-15-33-60)71(114-87)55-102-47-58-28-10-3-11-29-58/h2-45,69-82,84-87H,1,46-57H2,(H,95,101)(H,96,100)/t70-,71+,72+,73+,74+,75+,76-,77+,78-,79+,80+,81-,82+,84?,85-,86-,87-/m0/s1. The number of rotatable bonds is 36. The molecule has 117 heavy (non-hydrogen) atoms. The van der Waals surface area contributed by atoms with Crippen LogP contribution >= 0.6 is 34.8 Å². The summed E-state index contributed by atoms with van der Waals surface area (Å²) in [5, 5.41) is 9.89. The largest absolute Gasteiger partial charge is 0.460 e. The number of esters is 1. The molecule has 610 valence electrons. The predicted molar refractivity (Wildman–Crippen MR) is 432 cm³/mol. The van der Waals surface area contributed by atoms with E-state index >= 15 is 0 Å². The molecular weight excluding hydrogens is 1560 g/mol. The molecule has 27 heteroatoms. The number of carbonyl (C=O) groups excluding carboxylic acids is 3. The molecule has 24 nitrogen and oxygen atoms in total. The lowest BCUT2D eigenvalue weighted by Crippen LogP contribution is -2.71. The van der Waals surface area contributed by atoms with Gasteiger partial charge in [-0.05, 0) is 61.2 Å². The highest BCUT2D eigenvalue weighted by atomic mass is 35.6. The lowest BCUT2D eigenvalue weighted by molar-refractivity contribution is -0.384. The van der Waals surface area contributed by atoms with Gasteiger partial charge in [0.1, 0.15) is 86.3 Å². The zero-order chi connectivity index (χ0) is 80.7. The molecule has 4 fully saturated rings. The number of amides is 2. The summed E-state index contributed by atoms with van der Waals surface area (Å²) in [6.45, 7) is 2.49. The van der Waals surface area contributed by atoms with Gasteiger partial charge in [0.15, 0.2) is 31.2 Å². The molecule has 0 aromatic heterocycles. The molecule has 9 aromatic rings. The summed E-state index contributed by atoms with van der Waals surface area (Å²) in [6.07, 6.45) is -17.8. The number of nitrogens with zero attached hydrogens (tertiary/aromatic N) is 3. The maximum atomic E-state index is 15.0. The molecule has 0 saturated carbocycles. The highest BCUT2D eigenvalue weighted by Gasteiger charge is 2.59. The monoisotopic (exact) mass is 1650 g/mol. The van der Waals surface area contributed by atoms with E-state index in [0.717, 1.165) is 50.1 Å². The van der Waals surface area contributed by atoms with Crippen LogP contribution in [0.15, 0.2) is 279 Å². The molecule has 14 rings (SSSR count). The molecule has 1 aliphatic carbocycles. The molecule has 2 amide bonds. The van der Waals surface area contributed by atoms with Gasteiger partial charge in [-0.2, -0.15) is 0 Å². The zero-order valence-electron chi connectivity index (χ0n) is 63.7. The molecule has 17 atom stereocenters. The minimum Gasteiger partial charge on any atom is -0.460 e. The highest BCUT2D eigenvalue weighted by Crippen LogP contribution is 2.46. The summed E-state index contributed by atoms with van der Waals surface area (Å²) in [5.74, 6) is -2.41. The van der Waals surface area contributed by atoms with Crippen molar-refractivity contribution in [2.45, 2.75) is 154 Å². The minimum atomic E-state index is -2.66. The minimum absolute atomic E-state index is 0.0226. The molecule has 0 spiro atoms. The van der Waals surface area contributed by atoms with Gasteiger partial charge in [0.05, 0.1) is 66.1 Å². The molecule has 1 unspecified atom stereocenters. The summed E-state index contributed by atoms with van der Waals surface area (Å²) in [7, 11) is 0. The molecule has 2 N–H and O–H groups in total. The van der Waals surface area contributed by atoms with Crippen molar-refractivity contribution in [3.05, 3.63) is 334 Å². The first-order valence-corrected chi connectivity index (χ1v) is 39.8. The van der Waals surface area contributed by atoms with Gasteiger partial charge in [0.25, 0.3) is 9.70 Å². The Morgan fingerprint density at radius 1 is 0.496 bits per heavy atom. The molecular formula is C90H90Cl3N5O19. The van der Waals surface area contributed by atoms with Crippen molar-refractivity contribution in [1.82, 2.24) is 10.6 Å². The third-order valence-electron chi connectivity index (χ3n) is 20.6. The van der Waals surface area contributed by atoms with Crippen molar-refractivity contribution >= 4 is 52.8 Å². The van der Waals surface area contributed by atoms with Crippen LogP contribution in [0.4, 0.5) is 4.79 Å². The topological polar surface area (TPSA) is 272 Å². The van der Waals surface area contributed by atoms with E-state index < -0.39 is 133 Å². The Morgan fingerprint density at radius 3 is 1.46 bits per heavy atom. The van der Waals surface area contributed by atoms with Crippen LogP contribution in [0, 0.1) is 0 Å². The number of alkyl halides is 3. The summed E-state index contributed by atoms with van der Waals surface area (Å²) < 4.78 is 107. The van der Waals surface area contributed by atoms with E-state index in [1.165, 1.54) is 6.08 Å². The number of alkyl carbamates (subject to hydrolysis) is 1. The van der Waals surface area contributed by atoms with Crippen molar-refractivity contribution in [1.29, 1.82) is 0 Å². The number of fused-ring (bicyclic) bond motifs is 4. The molecule has 0 radical (unpaired) electrons. The lowest BCUT2D eigenvalue weighted by Gasteiger charge is -2.52. The van der Waals surface area contributed by atoms with Crippen molar-refractivity contribution < 1.29 is 90.2 Å². The first kappa shape index (κ1) is 84.0. The second-order valence-corrected chi connectivity index (χ2v) is 30.8. The van der Waals surface area contributed by atoms with E-state index in [0.29, 0.717) is 11.1 Å². The fourth-order valence-corrected chi connectivity index (χ4v) is 15.1. The quantitative estimate of drug-likeness (QED) is 0.00922. The van der Waals surface area contributed by atoms with Gasteiger partial charge >= 0.3 is 12.1 Å². The predicted octanol–water partition coefficient (Wildman–Crippen LogP) is 15.0. The summed E-state index contributed by atoms with van der Waals surface area (Å²) in [6, 6.07) is 77.4. The van der Waals surface area contributed by atoms with Crippen molar-refractivity contribution in [2.75, 3.05) is 39.6 Å². The number of hydrogen-bond donors (Lipinski definition) is 2. The third-order valence-corrected chi connectivity index (χ3v) is 21.1. The fourth-order valence-electron chi connectivity index (χ4n) is 14.9. The number of benzene rings is 9. The second kappa shape index (κ2) is 41.8. The van der Waals surface area contributed by atoms with Crippen LogP contribution in [-0.2, 0) is 125 Å². The average molecular weight is 1650 g/mol. The van der Waals surface area contributed by atoms with Gasteiger partial charge in [-0.3, -0.25) is 4.79 Å². The number of azide groups is 1. The van der Waals surface area contributed by atoms with Crippen LogP contribution in [0.25, 0.3) is 21.6 Å². The summed E-state index contributed by atoms with van der Waals surface area (Å²) in [5.41, 5.74) is 20.3. The van der Waals surface area contributed by atoms with Crippen LogP contribution in [0.2, 0.25) is 0 Å². The molecule has 4 aliphatic heterocycles. The van der Waals surface area contributed by atoms with Gasteiger partial charge < -0.3 is 86.4 Å². The molecule has 4 heterocycles. The average Bonchev–Trinajstić information content (AvgIpc) is 1.76. The first-order chi connectivity index (χ1) is 57.3.